The van der Waals surface area contributed by atoms with Gasteiger partial charge in [-0.3, -0.25) is 4.79 Å². The van der Waals surface area contributed by atoms with Crippen molar-refractivity contribution in [1.82, 2.24) is 25.1 Å². The van der Waals surface area contributed by atoms with Crippen LogP contribution in [-0.2, 0) is 4.79 Å². The van der Waals surface area contributed by atoms with Crippen LogP contribution in [0.2, 0.25) is 0 Å². The van der Waals surface area contributed by atoms with Gasteiger partial charge in [0.15, 0.2) is 5.82 Å². The predicted octanol–water partition coefficient (Wildman–Crippen LogP) is 0.501. The molecular formula is C13H15N5O3. The van der Waals surface area contributed by atoms with E-state index in [2.05, 4.69) is 20.4 Å². The molecule has 2 aromatic heterocycles. The van der Waals surface area contributed by atoms with Gasteiger partial charge in [0.2, 0.25) is 0 Å². The van der Waals surface area contributed by atoms with E-state index in [9.17, 15) is 9.59 Å². The van der Waals surface area contributed by atoms with Crippen LogP contribution < -0.4 is 5.32 Å². The van der Waals surface area contributed by atoms with Crippen LogP contribution in [0.1, 0.15) is 24.2 Å². The van der Waals surface area contributed by atoms with E-state index in [-0.39, 0.29) is 11.5 Å². The van der Waals surface area contributed by atoms with Gasteiger partial charge in [0.25, 0.3) is 5.91 Å². The summed E-state index contributed by atoms with van der Waals surface area (Å²) >= 11 is 0. The summed E-state index contributed by atoms with van der Waals surface area (Å²) in [6.45, 7) is 3.45. The highest BCUT2D eigenvalue weighted by molar-refractivity contribution is 5.96. The number of carboxylic acids is 1. The van der Waals surface area contributed by atoms with Crippen LogP contribution in [0, 0.1) is 5.92 Å². The molecule has 0 saturated carbocycles. The maximum Gasteiger partial charge on any atom is 0.326 e. The number of carbonyl (C=O) groups is 2. The molecule has 21 heavy (non-hydrogen) atoms. The van der Waals surface area contributed by atoms with Crippen LogP contribution in [0.5, 0.6) is 0 Å². The standard InChI is InChI=1S/C13H15N5O3/c1-8(2)11(13(20)21)17-12(19)9-3-4-10(15-5-9)18-7-14-6-16-18/h3-8,11H,1-2H3,(H,17,19)(H,20,21). The van der Waals surface area contributed by atoms with E-state index in [1.54, 1.807) is 26.0 Å². The zero-order valence-corrected chi connectivity index (χ0v) is 11.6. The van der Waals surface area contributed by atoms with Gasteiger partial charge in [-0.15, -0.1) is 0 Å². The third-order valence-corrected chi connectivity index (χ3v) is 2.88. The van der Waals surface area contributed by atoms with Gasteiger partial charge in [0.1, 0.15) is 18.7 Å². The molecule has 1 atom stereocenters. The fraction of sp³-hybridized carbons (Fsp3) is 0.308. The zero-order valence-electron chi connectivity index (χ0n) is 11.6. The number of amides is 1. The molecule has 2 N–H and O–H groups in total. The van der Waals surface area contributed by atoms with E-state index in [1.165, 1.54) is 23.5 Å². The van der Waals surface area contributed by atoms with E-state index in [0.29, 0.717) is 5.82 Å². The molecular weight excluding hydrogens is 274 g/mol. The molecule has 2 heterocycles. The minimum atomic E-state index is -1.06. The first kappa shape index (κ1) is 14.6. The summed E-state index contributed by atoms with van der Waals surface area (Å²) in [6, 6.07) is 2.22. The van der Waals surface area contributed by atoms with Crippen molar-refractivity contribution < 1.29 is 14.7 Å². The molecule has 1 amide bonds. The second-order valence-electron chi connectivity index (χ2n) is 4.78. The molecule has 0 aromatic carbocycles. The van der Waals surface area contributed by atoms with Crippen LogP contribution in [0.3, 0.4) is 0 Å². The van der Waals surface area contributed by atoms with Crippen molar-refractivity contribution in [2.45, 2.75) is 19.9 Å². The van der Waals surface area contributed by atoms with Crippen molar-refractivity contribution in [3.8, 4) is 5.82 Å². The van der Waals surface area contributed by atoms with Crippen molar-refractivity contribution in [1.29, 1.82) is 0 Å². The minimum Gasteiger partial charge on any atom is -0.480 e. The Labute approximate surface area is 120 Å². The van der Waals surface area contributed by atoms with Crippen LogP contribution in [-0.4, -0.2) is 42.8 Å². The van der Waals surface area contributed by atoms with E-state index in [0.717, 1.165) is 0 Å². The molecule has 0 spiro atoms. The number of hydrogen-bond donors (Lipinski definition) is 2. The van der Waals surface area contributed by atoms with Crippen molar-refractivity contribution in [3.63, 3.8) is 0 Å². The average Bonchev–Trinajstić information content (AvgIpc) is 2.98. The summed E-state index contributed by atoms with van der Waals surface area (Å²) < 4.78 is 1.45. The first-order chi connectivity index (χ1) is 9.99. The molecule has 110 valence electrons. The monoisotopic (exact) mass is 289 g/mol. The smallest absolute Gasteiger partial charge is 0.326 e. The highest BCUT2D eigenvalue weighted by Crippen LogP contribution is 2.07. The topological polar surface area (TPSA) is 110 Å². The van der Waals surface area contributed by atoms with Gasteiger partial charge in [-0.1, -0.05) is 13.8 Å². The molecule has 0 bridgehead atoms. The molecule has 0 fully saturated rings. The Morgan fingerprint density at radius 1 is 1.33 bits per heavy atom. The molecule has 0 aliphatic heterocycles. The van der Waals surface area contributed by atoms with Crippen molar-refractivity contribution in [2.24, 2.45) is 5.92 Å². The molecule has 2 aromatic rings. The number of nitrogens with zero attached hydrogens (tertiary/aromatic N) is 4. The van der Waals surface area contributed by atoms with E-state index >= 15 is 0 Å². The largest absolute Gasteiger partial charge is 0.480 e. The van der Waals surface area contributed by atoms with Gasteiger partial charge in [0, 0.05) is 6.20 Å². The Kier molecular flexibility index (Phi) is 4.27. The van der Waals surface area contributed by atoms with Crippen molar-refractivity contribution >= 4 is 11.9 Å². The number of aliphatic carboxylic acids is 1. The van der Waals surface area contributed by atoms with Crippen LogP contribution >= 0.6 is 0 Å². The molecule has 0 radical (unpaired) electrons. The van der Waals surface area contributed by atoms with E-state index < -0.39 is 17.9 Å². The molecule has 0 aliphatic carbocycles. The average molecular weight is 289 g/mol. The van der Waals surface area contributed by atoms with Gasteiger partial charge in [-0.25, -0.2) is 19.4 Å². The highest BCUT2D eigenvalue weighted by Gasteiger charge is 2.24. The van der Waals surface area contributed by atoms with Crippen LogP contribution in [0.4, 0.5) is 0 Å². The van der Waals surface area contributed by atoms with E-state index in [4.69, 9.17) is 5.11 Å². The maximum absolute atomic E-state index is 12.0. The van der Waals surface area contributed by atoms with Crippen LogP contribution in [0.25, 0.3) is 5.82 Å². The zero-order chi connectivity index (χ0) is 15.4. The number of carboxylic acid groups (broad SMARTS) is 1. The lowest BCUT2D eigenvalue weighted by Gasteiger charge is -2.17. The number of rotatable bonds is 5. The quantitative estimate of drug-likeness (QED) is 0.829. The lowest BCUT2D eigenvalue weighted by Crippen LogP contribution is -2.44. The minimum absolute atomic E-state index is 0.214. The molecule has 1 unspecified atom stereocenters. The number of carbonyl (C=O) groups excluding carboxylic acids is 1. The molecule has 0 saturated heterocycles. The number of pyridine rings is 1. The summed E-state index contributed by atoms with van der Waals surface area (Å²) in [6.07, 6.45) is 4.23. The molecule has 8 heteroatoms. The Morgan fingerprint density at radius 3 is 2.57 bits per heavy atom. The van der Waals surface area contributed by atoms with E-state index in [1.807, 2.05) is 0 Å². The summed E-state index contributed by atoms with van der Waals surface area (Å²) in [5, 5.41) is 15.5. The number of nitrogens with one attached hydrogen (secondary N) is 1. The first-order valence-corrected chi connectivity index (χ1v) is 6.33. The second kappa shape index (κ2) is 6.12. The van der Waals surface area contributed by atoms with Crippen molar-refractivity contribution in [3.05, 3.63) is 36.5 Å². The number of hydrogen-bond acceptors (Lipinski definition) is 5. The fourth-order valence-corrected chi connectivity index (χ4v) is 1.72. The van der Waals surface area contributed by atoms with Gasteiger partial charge in [-0.05, 0) is 18.1 Å². The van der Waals surface area contributed by atoms with Crippen molar-refractivity contribution in [2.75, 3.05) is 0 Å². The summed E-state index contributed by atoms with van der Waals surface area (Å²) in [5.41, 5.74) is 0.283. The molecule has 2 rings (SSSR count). The highest BCUT2D eigenvalue weighted by atomic mass is 16.4. The van der Waals surface area contributed by atoms with Gasteiger partial charge >= 0.3 is 5.97 Å². The number of aromatic nitrogens is 4. The second-order valence-corrected chi connectivity index (χ2v) is 4.78. The fourth-order valence-electron chi connectivity index (χ4n) is 1.72. The van der Waals surface area contributed by atoms with Gasteiger partial charge < -0.3 is 10.4 Å². The third kappa shape index (κ3) is 3.41. The molecule has 8 nitrogen and oxygen atoms in total. The summed E-state index contributed by atoms with van der Waals surface area (Å²) in [7, 11) is 0. The van der Waals surface area contributed by atoms with Gasteiger partial charge in [0.05, 0.1) is 5.56 Å². The third-order valence-electron chi connectivity index (χ3n) is 2.88. The SMILES string of the molecule is CC(C)C(NC(=O)c1ccc(-n2cncn2)nc1)C(=O)O. The van der Waals surface area contributed by atoms with Crippen LogP contribution in [0.15, 0.2) is 31.0 Å². The molecule has 0 aliphatic rings. The Balaban J connectivity index is 2.11. The summed E-state index contributed by atoms with van der Waals surface area (Å²) in [5.74, 6) is -1.24. The Morgan fingerprint density at radius 2 is 2.10 bits per heavy atom. The predicted molar refractivity (Wildman–Crippen MR) is 72.9 cm³/mol. The normalized spacial score (nSPS) is 12.1. The Bertz CT molecular complexity index is 622. The van der Waals surface area contributed by atoms with Gasteiger partial charge in [-0.2, -0.15) is 5.10 Å². The maximum atomic E-state index is 12.0. The lowest BCUT2D eigenvalue weighted by atomic mass is 10.0. The lowest BCUT2D eigenvalue weighted by molar-refractivity contribution is -0.140. The first-order valence-electron chi connectivity index (χ1n) is 6.33. The Hall–Kier alpha value is -2.77. The summed E-state index contributed by atoms with van der Waals surface area (Å²) in [4.78, 5) is 31.0.